The minimum absolute atomic E-state index is 0.253. The van der Waals surface area contributed by atoms with Gasteiger partial charge in [-0.15, -0.1) is 0 Å². The SMILES string of the molecule is CNCCCN(C)Cc1cc(C(=O)O)c(C)o1. The van der Waals surface area contributed by atoms with Crippen molar-refractivity contribution in [2.24, 2.45) is 0 Å². The largest absolute Gasteiger partial charge is 0.478 e. The lowest BCUT2D eigenvalue weighted by molar-refractivity contribution is 0.0695. The summed E-state index contributed by atoms with van der Waals surface area (Å²) in [6, 6.07) is 1.60. The quantitative estimate of drug-likeness (QED) is 0.704. The number of carbonyl (C=O) groups is 1. The Kier molecular flexibility index (Phi) is 5.18. The molecule has 0 atom stereocenters. The summed E-state index contributed by atoms with van der Waals surface area (Å²) in [5.41, 5.74) is 0.253. The van der Waals surface area contributed by atoms with Crippen LogP contribution in [0.15, 0.2) is 10.5 Å². The van der Waals surface area contributed by atoms with Gasteiger partial charge in [0.05, 0.1) is 6.54 Å². The molecule has 0 aromatic carbocycles. The average Bonchev–Trinajstić information content (AvgIpc) is 2.60. The van der Waals surface area contributed by atoms with E-state index in [1.807, 2.05) is 14.1 Å². The van der Waals surface area contributed by atoms with E-state index < -0.39 is 5.97 Å². The number of hydrogen-bond acceptors (Lipinski definition) is 4. The Morgan fingerprint density at radius 1 is 1.59 bits per heavy atom. The van der Waals surface area contributed by atoms with Gasteiger partial charge in [0.1, 0.15) is 17.1 Å². The lowest BCUT2D eigenvalue weighted by Crippen LogP contribution is -2.22. The first kappa shape index (κ1) is 13.7. The van der Waals surface area contributed by atoms with Crippen LogP contribution in [0, 0.1) is 6.92 Å². The van der Waals surface area contributed by atoms with Gasteiger partial charge in [-0.3, -0.25) is 4.90 Å². The number of carboxylic acid groups (broad SMARTS) is 1. The second kappa shape index (κ2) is 6.42. The maximum absolute atomic E-state index is 10.8. The Balaban J connectivity index is 2.51. The van der Waals surface area contributed by atoms with Crippen molar-refractivity contribution >= 4 is 5.97 Å². The van der Waals surface area contributed by atoms with Gasteiger partial charge >= 0.3 is 5.97 Å². The third-order valence-electron chi connectivity index (χ3n) is 2.59. The van der Waals surface area contributed by atoms with E-state index in [4.69, 9.17) is 9.52 Å². The zero-order valence-corrected chi connectivity index (χ0v) is 10.6. The highest BCUT2D eigenvalue weighted by Crippen LogP contribution is 2.15. The number of furan rings is 1. The van der Waals surface area contributed by atoms with Crippen LogP contribution in [0.3, 0.4) is 0 Å². The minimum atomic E-state index is -0.935. The lowest BCUT2D eigenvalue weighted by Gasteiger charge is -2.14. The Labute approximate surface area is 101 Å². The van der Waals surface area contributed by atoms with Crippen LogP contribution in [0.2, 0.25) is 0 Å². The summed E-state index contributed by atoms with van der Waals surface area (Å²) >= 11 is 0. The van der Waals surface area contributed by atoms with Crippen molar-refractivity contribution in [2.45, 2.75) is 19.9 Å². The van der Waals surface area contributed by atoms with Crippen LogP contribution in [0.25, 0.3) is 0 Å². The van der Waals surface area contributed by atoms with E-state index in [0.29, 0.717) is 18.1 Å². The Bertz CT molecular complexity index is 374. The molecule has 1 rings (SSSR count). The molecule has 0 saturated heterocycles. The van der Waals surface area contributed by atoms with E-state index in [1.54, 1.807) is 13.0 Å². The molecule has 5 heteroatoms. The smallest absolute Gasteiger partial charge is 0.339 e. The molecule has 0 aliphatic heterocycles. The second-order valence-corrected chi connectivity index (χ2v) is 4.18. The highest BCUT2D eigenvalue weighted by molar-refractivity contribution is 5.88. The molecule has 0 bridgehead atoms. The number of hydrogen-bond donors (Lipinski definition) is 2. The fourth-order valence-corrected chi connectivity index (χ4v) is 1.70. The zero-order chi connectivity index (χ0) is 12.8. The van der Waals surface area contributed by atoms with Gasteiger partial charge in [0.25, 0.3) is 0 Å². The van der Waals surface area contributed by atoms with Crippen molar-refractivity contribution < 1.29 is 14.3 Å². The predicted octanol–water partition coefficient (Wildman–Crippen LogP) is 1.33. The molecule has 1 aromatic rings. The van der Waals surface area contributed by atoms with Crippen LogP contribution < -0.4 is 5.32 Å². The molecule has 17 heavy (non-hydrogen) atoms. The van der Waals surface area contributed by atoms with Gasteiger partial charge in [0.15, 0.2) is 0 Å². The number of carboxylic acids is 1. The lowest BCUT2D eigenvalue weighted by atomic mass is 10.2. The van der Waals surface area contributed by atoms with Crippen molar-refractivity contribution in [1.82, 2.24) is 10.2 Å². The van der Waals surface area contributed by atoms with Crippen molar-refractivity contribution in [3.8, 4) is 0 Å². The Morgan fingerprint density at radius 2 is 2.29 bits per heavy atom. The van der Waals surface area contributed by atoms with E-state index in [1.165, 1.54) is 0 Å². The maximum Gasteiger partial charge on any atom is 0.339 e. The molecule has 0 radical (unpaired) electrons. The molecule has 96 valence electrons. The van der Waals surface area contributed by atoms with Gasteiger partial charge in [-0.2, -0.15) is 0 Å². The summed E-state index contributed by atoms with van der Waals surface area (Å²) < 4.78 is 5.41. The molecule has 0 unspecified atom stereocenters. The molecule has 0 amide bonds. The van der Waals surface area contributed by atoms with Crippen LogP contribution in [0.4, 0.5) is 0 Å². The molecule has 0 fully saturated rings. The molecule has 0 aliphatic rings. The fraction of sp³-hybridized carbons (Fsp3) is 0.583. The number of rotatable bonds is 7. The molecule has 0 spiro atoms. The van der Waals surface area contributed by atoms with Crippen LogP contribution >= 0.6 is 0 Å². The van der Waals surface area contributed by atoms with Crippen LogP contribution in [0.5, 0.6) is 0 Å². The number of aryl methyl sites for hydroxylation is 1. The second-order valence-electron chi connectivity index (χ2n) is 4.18. The minimum Gasteiger partial charge on any atom is -0.478 e. The number of aromatic carboxylic acids is 1. The number of nitrogens with zero attached hydrogens (tertiary/aromatic N) is 1. The van der Waals surface area contributed by atoms with Gasteiger partial charge < -0.3 is 14.8 Å². The summed E-state index contributed by atoms with van der Waals surface area (Å²) in [4.78, 5) is 13.0. The van der Waals surface area contributed by atoms with Gasteiger partial charge in [0, 0.05) is 0 Å². The topological polar surface area (TPSA) is 65.7 Å². The van der Waals surface area contributed by atoms with E-state index >= 15 is 0 Å². The molecule has 0 aliphatic carbocycles. The molecule has 1 heterocycles. The Morgan fingerprint density at radius 3 is 2.82 bits per heavy atom. The molecule has 2 N–H and O–H groups in total. The normalized spacial score (nSPS) is 11.1. The molecule has 0 saturated carbocycles. The van der Waals surface area contributed by atoms with Crippen molar-refractivity contribution in [3.05, 3.63) is 23.2 Å². The van der Waals surface area contributed by atoms with E-state index in [2.05, 4.69) is 10.2 Å². The van der Waals surface area contributed by atoms with Crippen LogP contribution in [-0.4, -0.2) is 43.2 Å². The summed E-state index contributed by atoms with van der Waals surface area (Å²) in [5, 5.41) is 12.0. The fourth-order valence-electron chi connectivity index (χ4n) is 1.70. The maximum atomic E-state index is 10.8. The highest BCUT2D eigenvalue weighted by atomic mass is 16.4. The monoisotopic (exact) mass is 240 g/mol. The van der Waals surface area contributed by atoms with E-state index in [9.17, 15) is 4.79 Å². The summed E-state index contributed by atoms with van der Waals surface area (Å²) in [6.45, 7) is 4.23. The Hall–Kier alpha value is -1.33. The van der Waals surface area contributed by atoms with E-state index in [0.717, 1.165) is 19.5 Å². The van der Waals surface area contributed by atoms with Gasteiger partial charge in [0.2, 0.25) is 0 Å². The van der Waals surface area contributed by atoms with Gasteiger partial charge in [-0.1, -0.05) is 0 Å². The van der Waals surface area contributed by atoms with E-state index in [-0.39, 0.29) is 5.56 Å². The summed E-state index contributed by atoms with van der Waals surface area (Å²) in [5.74, 6) is 0.235. The first-order valence-electron chi connectivity index (χ1n) is 5.70. The van der Waals surface area contributed by atoms with Crippen molar-refractivity contribution in [3.63, 3.8) is 0 Å². The predicted molar refractivity (Wildman–Crippen MR) is 65.3 cm³/mol. The summed E-state index contributed by atoms with van der Waals surface area (Å²) in [7, 11) is 3.92. The third kappa shape index (κ3) is 4.20. The zero-order valence-electron chi connectivity index (χ0n) is 10.6. The first-order chi connectivity index (χ1) is 8.04. The van der Waals surface area contributed by atoms with Crippen LogP contribution in [0.1, 0.15) is 28.3 Å². The van der Waals surface area contributed by atoms with Gasteiger partial charge in [-0.25, -0.2) is 4.79 Å². The standard InChI is InChI=1S/C12H20N2O3/c1-9-11(12(15)16)7-10(17-9)8-14(3)6-4-5-13-2/h7,13H,4-6,8H2,1-3H3,(H,15,16). The van der Waals surface area contributed by atoms with Gasteiger partial charge in [-0.05, 0) is 46.6 Å². The molecule has 5 nitrogen and oxygen atoms in total. The van der Waals surface area contributed by atoms with Crippen LogP contribution in [-0.2, 0) is 6.54 Å². The summed E-state index contributed by atoms with van der Waals surface area (Å²) in [6.07, 6.45) is 1.05. The third-order valence-corrected chi connectivity index (χ3v) is 2.59. The highest BCUT2D eigenvalue weighted by Gasteiger charge is 2.14. The van der Waals surface area contributed by atoms with Crippen molar-refractivity contribution in [1.29, 1.82) is 0 Å². The molecular weight excluding hydrogens is 220 g/mol. The number of nitrogens with one attached hydrogen (secondary N) is 1. The first-order valence-corrected chi connectivity index (χ1v) is 5.70. The average molecular weight is 240 g/mol. The molecule has 1 aromatic heterocycles. The molecular formula is C12H20N2O3. The van der Waals surface area contributed by atoms with Crippen molar-refractivity contribution in [2.75, 3.05) is 27.2 Å².